The van der Waals surface area contributed by atoms with E-state index in [9.17, 15) is 9.59 Å². The molecule has 1 atom stereocenters. The Labute approximate surface area is 87.3 Å². The van der Waals surface area contributed by atoms with E-state index in [1.807, 2.05) is 0 Å². The average Bonchev–Trinajstić information content (AvgIpc) is 2.73. The number of hydrogen-bond donors (Lipinski definition) is 1. The van der Waals surface area contributed by atoms with Gasteiger partial charge in [-0.25, -0.2) is 4.79 Å². The van der Waals surface area contributed by atoms with Crippen LogP contribution in [-0.4, -0.2) is 15.7 Å². The molecule has 82 valence electrons. The molecule has 0 amide bonds. The summed E-state index contributed by atoms with van der Waals surface area (Å²) in [6.45, 7) is 0.941. The highest BCUT2D eigenvalue weighted by molar-refractivity contribution is 5.12. The summed E-state index contributed by atoms with van der Waals surface area (Å²) in [4.78, 5) is 23.3. The molecule has 2 rings (SSSR count). The van der Waals surface area contributed by atoms with Gasteiger partial charge in [0.05, 0.1) is 5.56 Å². The van der Waals surface area contributed by atoms with E-state index in [2.05, 4.69) is 5.32 Å². The third-order valence-corrected chi connectivity index (χ3v) is 2.91. The van der Waals surface area contributed by atoms with Crippen molar-refractivity contribution in [3.8, 4) is 0 Å². The van der Waals surface area contributed by atoms with Crippen molar-refractivity contribution in [3.63, 3.8) is 0 Å². The molecule has 1 fully saturated rings. The number of aryl methyl sites for hydroxylation is 1. The summed E-state index contributed by atoms with van der Waals surface area (Å²) in [6, 6.07) is 0.107. The van der Waals surface area contributed by atoms with E-state index < -0.39 is 0 Å². The monoisotopic (exact) mass is 209 g/mol. The Balaban J connectivity index is 2.57. The SMILES string of the molecule is Cn1cc(C2CCCN2)c(=O)n(C)c1=O. The van der Waals surface area contributed by atoms with Crippen molar-refractivity contribution in [2.45, 2.75) is 18.9 Å². The first-order valence-electron chi connectivity index (χ1n) is 5.11. The van der Waals surface area contributed by atoms with E-state index in [-0.39, 0.29) is 17.3 Å². The van der Waals surface area contributed by atoms with Gasteiger partial charge in [0.15, 0.2) is 0 Å². The second-order valence-electron chi connectivity index (χ2n) is 3.99. The molecular weight excluding hydrogens is 194 g/mol. The zero-order chi connectivity index (χ0) is 11.0. The smallest absolute Gasteiger partial charge is 0.310 e. The molecule has 0 aromatic carbocycles. The highest BCUT2D eigenvalue weighted by Gasteiger charge is 2.20. The second-order valence-corrected chi connectivity index (χ2v) is 3.99. The average molecular weight is 209 g/mol. The first-order valence-corrected chi connectivity index (χ1v) is 5.11. The molecule has 15 heavy (non-hydrogen) atoms. The molecule has 1 unspecified atom stereocenters. The molecule has 0 saturated carbocycles. The lowest BCUT2D eigenvalue weighted by atomic mass is 10.1. The van der Waals surface area contributed by atoms with Crippen LogP contribution in [-0.2, 0) is 14.1 Å². The molecule has 1 aromatic heterocycles. The van der Waals surface area contributed by atoms with Gasteiger partial charge in [-0.3, -0.25) is 9.36 Å². The van der Waals surface area contributed by atoms with Crippen LogP contribution in [0.4, 0.5) is 0 Å². The third kappa shape index (κ3) is 1.63. The Morgan fingerprint density at radius 1 is 1.40 bits per heavy atom. The van der Waals surface area contributed by atoms with Crippen molar-refractivity contribution >= 4 is 0 Å². The summed E-state index contributed by atoms with van der Waals surface area (Å²) >= 11 is 0. The van der Waals surface area contributed by atoms with E-state index in [0.29, 0.717) is 5.56 Å². The van der Waals surface area contributed by atoms with E-state index in [0.717, 1.165) is 24.0 Å². The van der Waals surface area contributed by atoms with Crippen LogP contribution in [0.15, 0.2) is 15.8 Å². The first-order chi connectivity index (χ1) is 7.11. The van der Waals surface area contributed by atoms with Gasteiger partial charge < -0.3 is 9.88 Å². The van der Waals surface area contributed by atoms with E-state index in [4.69, 9.17) is 0 Å². The molecule has 1 aliphatic rings. The molecular formula is C10H15N3O2. The highest BCUT2D eigenvalue weighted by Crippen LogP contribution is 2.18. The Hall–Kier alpha value is -1.36. The highest BCUT2D eigenvalue weighted by atomic mass is 16.2. The fourth-order valence-corrected chi connectivity index (χ4v) is 2.03. The topological polar surface area (TPSA) is 56.0 Å². The Kier molecular flexibility index (Phi) is 2.48. The number of nitrogens with one attached hydrogen (secondary N) is 1. The summed E-state index contributed by atoms with van der Waals surface area (Å²) in [5, 5.41) is 3.26. The largest absolute Gasteiger partial charge is 0.330 e. The third-order valence-electron chi connectivity index (χ3n) is 2.91. The summed E-state index contributed by atoms with van der Waals surface area (Å²) in [5.41, 5.74) is 0.233. The minimum Gasteiger partial charge on any atom is -0.310 e. The summed E-state index contributed by atoms with van der Waals surface area (Å²) in [7, 11) is 3.18. The lowest BCUT2D eigenvalue weighted by Crippen LogP contribution is -2.40. The Morgan fingerprint density at radius 2 is 2.13 bits per heavy atom. The maximum absolute atomic E-state index is 11.8. The standard InChI is InChI=1S/C10H15N3O2/c1-12-6-7(8-4-3-5-11-8)9(14)13(2)10(12)15/h6,8,11H,3-5H2,1-2H3. The van der Waals surface area contributed by atoms with Crippen LogP contribution in [0.1, 0.15) is 24.4 Å². The van der Waals surface area contributed by atoms with Gasteiger partial charge in [-0.2, -0.15) is 0 Å². The molecule has 1 N–H and O–H groups in total. The zero-order valence-electron chi connectivity index (χ0n) is 8.99. The predicted octanol–water partition coefficient (Wildman–Crippen LogP) is -0.492. The van der Waals surface area contributed by atoms with Crippen molar-refractivity contribution in [2.24, 2.45) is 14.1 Å². The first kappa shape index (κ1) is 10.2. The maximum atomic E-state index is 11.8. The molecule has 5 nitrogen and oxygen atoms in total. The minimum absolute atomic E-state index is 0.107. The van der Waals surface area contributed by atoms with E-state index in [1.165, 1.54) is 11.6 Å². The lowest BCUT2D eigenvalue weighted by Gasteiger charge is -2.12. The van der Waals surface area contributed by atoms with Crippen LogP contribution in [0.25, 0.3) is 0 Å². The van der Waals surface area contributed by atoms with E-state index >= 15 is 0 Å². The molecule has 1 aromatic rings. The van der Waals surface area contributed by atoms with Gasteiger partial charge >= 0.3 is 5.69 Å². The molecule has 0 aliphatic carbocycles. The predicted molar refractivity (Wildman–Crippen MR) is 56.9 cm³/mol. The molecule has 0 spiro atoms. The summed E-state index contributed by atoms with van der Waals surface area (Å²) in [5.74, 6) is 0. The lowest BCUT2D eigenvalue weighted by molar-refractivity contribution is 0.592. The fraction of sp³-hybridized carbons (Fsp3) is 0.600. The number of nitrogens with zero attached hydrogens (tertiary/aromatic N) is 2. The van der Waals surface area contributed by atoms with Crippen LogP contribution < -0.4 is 16.6 Å². The molecule has 5 heteroatoms. The number of hydrogen-bond acceptors (Lipinski definition) is 3. The molecule has 1 saturated heterocycles. The quantitative estimate of drug-likeness (QED) is 0.679. The van der Waals surface area contributed by atoms with Crippen molar-refractivity contribution in [2.75, 3.05) is 6.54 Å². The van der Waals surface area contributed by atoms with Crippen LogP contribution in [0, 0.1) is 0 Å². The van der Waals surface area contributed by atoms with Gasteiger partial charge in [0.2, 0.25) is 0 Å². The van der Waals surface area contributed by atoms with Gasteiger partial charge in [-0.15, -0.1) is 0 Å². The number of rotatable bonds is 1. The van der Waals surface area contributed by atoms with Crippen molar-refractivity contribution in [3.05, 3.63) is 32.6 Å². The van der Waals surface area contributed by atoms with Crippen LogP contribution in [0.2, 0.25) is 0 Å². The normalized spacial score (nSPS) is 20.8. The van der Waals surface area contributed by atoms with Gasteiger partial charge in [0, 0.05) is 26.3 Å². The molecule has 2 heterocycles. The van der Waals surface area contributed by atoms with Crippen molar-refractivity contribution < 1.29 is 0 Å². The van der Waals surface area contributed by atoms with Crippen LogP contribution >= 0.6 is 0 Å². The van der Waals surface area contributed by atoms with Crippen LogP contribution in [0.3, 0.4) is 0 Å². The summed E-state index contributed by atoms with van der Waals surface area (Å²) < 4.78 is 2.62. The molecule has 1 aliphatic heterocycles. The Morgan fingerprint density at radius 3 is 2.73 bits per heavy atom. The second kappa shape index (κ2) is 3.66. The van der Waals surface area contributed by atoms with Gasteiger partial charge in [0.1, 0.15) is 0 Å². The van der Waals surface area contributed by atoms with Gasteiger partial charge in [-0.1, -0.05) is 0 Å². The zero-order valence-corrected chi connectivity index (χ0v) is 8.99. The minimum atomic E-state index is -0.276. The van der Waals surface area contributed by atoms with Crippen LogP contribution in [0.5, 0.6) is 0 Å². The summed E-state index contributed by atoms with van der Waals surface area (Å²) in [6.07, 6.45) is 3.69. The molecule has 0 radical (unpaired) electrons. The molecule has 0 bridgehead atoms. The van der Waals surface area contributed by atoms with Crippen molar-refractivity contribution in [1.29, 1.82) is 0 Å². The van der Waals surface area contributed by atoms with E-state index in [1.54, 1.807) is 13.2 Å². The van der Waals surface area contributed by atoms with Gasteiger partial charge in [0.25, 0.3) is 5.56 Å². The number of aromatic nitrogens is 2. The Bertz CT molecular complexity index is 480. The van der Waals surface area contributed by atoms with Crippen molar-refractivity contribution in [1.82, 2.24) is 14.5 Å². The maximum Gasteiger partial charge on any atom is 0.330 e. The fourth-order valence-electron chi connectivity index (χ4n) is 2.03. The van der Waals surface area contributed by atoms with Gasteiger partial charge in [-0.05, 0) is 19.4 Å².